The monoisotopic (exact) mass is 769 g/mol. The number of rotatable bonds is 39. The lowest BCUT2D eigenvalue weighted by Gasteiger charge is -2.24. The second-order valence-corrected chi connectivity index (χ2v) is 16.9. The van der Waals surface area contributed by atoms with Gasteiger partial charge in [0.2, 0.25) is 0 Å². The summed E-state index contributed by atoms with van der Waals surface area (Å²) in [7, 11) is 1.62. The molecule has 0 aromatic heterocycles. The number of carbonyl (C=O) groups is 1. The largest absolute Gasteiger partial charge is 0.498 e. The summed E-state index contributed by atoms with van der Waals surface area (Å²) >= 11 is 0. The van der Waals surface area contributed by atoms with Crippen LogP contribution in [0.1, 0.15) is 174 Å². The van der Waals surface area contributed by atoms with Gasteiger partial charge in [-0.3, -0.25) is 13.8 Å². The van der Waals surface area contributed by atoms with Crippen molar-refractivity contribution in [3.8, 4) is 0 Å². The van der Waals surface area contributed by atoms with Gasteiger partial charge in [0.05, 0.1) is 34.0 Å². The van der Waals surface area contributed by atoms with Crippen LogP contribution in [-0.4, -0.2) is 69.0 Å². The van der Waals surface area contributed by atoms with Crippen molar-refractivity contribution < 1.29 is 37.3 Å². The van der Waals surface area contributed by atoms with Gasteiger partial charge >= 0.3 is 13.8 Å². The number of phosphoric acid groups is 1. The van der Waals surface area contributed by atoms with Crippen molar-refractivity contribution in [1.82, 2.24) is 0 Å². The summed E-state index contributed by atoms with van der Waals surface area (Å²) in [6.45, 7) is 4.87. The predicted octanol–water partition coefficient (Wildman–Crippen LogP) is 12.7. The lowest BCUT2D eigenvalue weighted by Crippen LogP contribution is -2.37. The molecule has 0 saturated carbocycles. The van der Waals surface area contributed by atoms with Crippen molar-refractivity contribution in [1.29, 1.82) is 0 Å². The second-order valence-electron chi connectivity index (χ2n) is 15.4. The number of carbonyl (C=O) groups excluding carboxylic acids is 1. The number of quaternary nitrogens is 1. The molecular weight excluding hydrogens is 685 g/mol. The fraction of sp³-hybridized carbons (Fsp3) is 0.795. The molecule has 53 heavy (non-hydrogen) atoms. The normalized spacial score (nSPS) is 14.2. The van der Waals surface area contributed by atoms with Gasteiger partial charge in [0, 0.05) is 6.42 Å². The van der Waals surface area contributed by atoms with Crippen LogP contribution in [0.4, 0.5) is 0 Å². The Bertz CT molecular complexity index is 989. The summed E-state index contributed by atoms with van der Waals surface area (Å²) in [5.74, 6) is -0.358. The van der Waals surface area contributed by atoms with Crippen LogP contribution in [-0.2, 0) is 27.9 Å². The Hall–Kier alpha value is -1.70. The maximum atomic E-state index is 12.7. The molecule has 0 radical (unpaired) electrons. The van der Waals surface area contributed by atoms with Crippen molar-refractivity contribution in [2.75, 3.05) is 47.5 Å². The SMILES string of the molecule is CCCCC/C=C\C/C=C\C/C=C\CCCCCCC(=O)O[C@H](CO/C=C\CCCCCCCCCCCCCC)COP(=O)(O)OCC[N+](C)(C)C. The molecular formula is C44H83NO7P+. The zero-order valence-electron chi connectivity index (χ0n) is 35.0. The first-order chi connectivity index (χ1) is 25.6. The molecule has 0 saturated heterocycles. The summed E-state index contributed by atoms with van der Waals surface area (Å²) in [6, 6.07) is 0. The van der Waals surface area contributed by atoms with E-state index in [0.717, 1.165) is 57.8 Å². The molecule has 0 aliphatic carbocycles. The standard InChI is InChI=1S/C44H82NO7P/c1-6-8-10-12-14-16-18-20-22-23-24-25-27-29-31-33-35-37-44(46)52-43(42-51-53(47,48)50-40-38-45(3,4)5)41-49-39-36-34-32-30-28-26-21-19-17-15-13-11-9-7-2/h14,16,20,22,24-25,36,39,43H,6-13,15,17-19,21,23,26-35,37-38,40-42H2,1-5H3/p+1/b16-14-,22-20-,25-24-,39-36-/t43-/m1/s1. The van der Waals surface area contributed by atoms with Crippen molar-refractivity contribution in [3.05, 3.63) is 48.8 Å². The Morgan fingerprint density at radius 2 is 1.06 bits per heavy atom. The minimum atomic E-state index is -4.29. The van der Waals surface area contributed by atoms with Gasteiger partial charge in [0.25, 0.3) is 0 Å². The Morgan fingerprint density at radius 3 is 1.60 bits per heavy atom. The highest BCUT2D eigenvalue weighted by atomic mass is 31.2. The molecule has 1 unspecified atom stereocenters. The second kappa shape index (κ2) is 37.2. The molecule has 1 N–H and O–H groups in total. The summed E-state index contributed by atoms with van der Waals surface area (Å²) in [5.41, 5.74) is 0. The number of unbranched alkanes of at least 4 members (excludes halogenated alkanes) is 19. The summed E-state index contributed by atoms with van der Waals surface area (Å²) < 4.78 is 34.7. The minimum Gasteiger partial charge on any atom is -0.498 e. The first-order valence-corrected chi connectivity index (χ1v) is 22.9. The molecule has 0 aromatic rings. The summed E-state index contributed by atoms with van der Waals surface area (Å²) in [5, 5.41) is 0. The average Bonchev–Trinajstić information content (AvgIpc) is 3.11. The van der Waals surface area contributed by atoms with Crippen LogP contribution < -0.4 is 0 Å². The predicted molar refractivity (Wildman–Crippen MR) is 224 cm³/mol. The molecule has 0 aliphatic rings. The molecule has 0 fully saturated rings. The highest BCUT2D eigenvalue weighted by Gasteiger charge is 2.26. The molecule has 0 heterocycles. The van der Waals surface area contributed by atoms with E-state index in [4.69, 9.17) is 18.5 Å². The number of ether oxygens (including phenoxy) is 2. The average molecular weight is 769 g/mol. The van der Waals surface area contributed by atoms with E-state index >= 15 is 0 Å². The number of allylic oxidation sites excluding steroid dienone is 7. The van der Waals surface area contributed by atoms with Crippen LogP contribution >= 0.6 is 7.82 Å². The van der Waals surface area contributed by atoms with Gasteiger partial charge in [-0.1, -0.05) is 147 Å². The number of phosphoric ester groups is 1. The van der Waals surface area contributed by atoms with Crippen LogP contribution in [0.5, 0.6) is 0 Å². The van der Waals surface area contributed by atoms with Crippen molar-refractivity contribution in [3.63, 3.8) is 0 Å². The van der Waals surface area contributed by atoms with Crippen molar-refractivity contribution in [2.45, 2.75) is 180 Å². The van der Waals surface area contributed by atoms with Crippen molar-refractivity contribution in [2.24, 2.45) is 0 Å². The van der Waals surface area contributed by atoms with Gasteiger partial charge < -0.3 is 18.9 Å². The van der Waals surface area contributed by atoms with Crippen LogP contribution in [0.3, 0.4) is 0 Å². The van der Waals surface area contributed by atoms with E-state index in [9.17, 15) is 14.3 Å². The minimum absolute atomic E-state index is 0.0385. The number of esters is 1. The molecule has 8 nitrogen and oxygen atoms in total. The zero-order valence-corrected chi connectivity index (χ0v) is 35.9. The molecule has 9 heteroatoms. The number of hydrogen-bond acceptors (Lipinski definition) is 6. The fourth-order valence-electron chi connectivity index (χ4n) is 5.58. The highest BCUT2D eigenvalue weighted by Crippen LogP contribution is 2.43. The molecule has 0 amide bonds. The Balaban J connectivity index is 4.36. The zero-order chi connectivity index (χ0) is 39.1. The first kappa shape index (κ1) is 51.3. The molecule has 0 spiro atoms. The van der Waals surface area contributed by atoms with E-state index in [2.05, 4.69) is 50.3 Å². The van der Waals surface area contributed by atoms with Gasteiger partial charge in [-0.05, 0) is 63.9 Å². The molecule has 310 valence electrons. The van der Waals surface area contributed by atoms with E-state index < -0.39 is 13.9 Å². The van der Waals surface area contributed by atoms with E-state index in [1.165, 1.54) is 96.3 Å². The van der Waals surface area contributed by atoms with E-state index in [1.54, 1.807) is 6.26 Å². The molecule has 0 rings (SSSR count). The molecule has 2 atom stereocenters. The smallest absolute Gasteiger partial charge is 0.472 e. The third-order valence-electron chi connectivity index (χ3n) is 8.96. The molecule has 0 aliphatic heterocycles. The summed E-state index contributed by atoms with van der Waals surface area (Å²) in [6.07, 6.45) is 45.2. The third-order valence-corrected chi connectivity index (χ3v) is 9.94. The molecule has 0 bridgehead atoms. The van der Waals surface area contributed by atoms with Gasteiger partial charge in [-0.15, -0.1) is 0 Å². The topological polar surface area (TPSA) is 91.3 Å². The number of likely N-dealkylation sites (N-methyl/N-ethyl adjacent to an activating group) is 1. The highest BCUT2D eigenvalue weighted by molar-refractivity contribution is 7.47. The summed E-state index contributed by atoms with van der Waals surface area (Å²) in [4.78, 5) is 22.8. The lowest BCUT2D eigenvalue weighted by atomic mass is 10.0. The Labute approximate surface area is 327 Å². The molecule has 0 aromatic carbocycles. The Morgan fingerprint density at radius 1 is 0.604 bits per heavy atom. The number of nitrogens with zero attached hydrogens (tertiary/aromatic N) is 1. The van der Waals surface area contributed by atoms with Gasteiger partial charge in [0.15, 0.2) is 6.10 Å². The van der Waals surface area contributed by atoms with Crippen LogP contribution in [0.2, 0.25) is 0 Å². The van der Waals surface area contributed by atoms with Crippen LogP contribution in [0, 0.1) is 0 Å². The van der Waals surface area contributed by atoms with Crippen LogP contribution in [0.15, 0.2) is 48.8 Å². The van der Waals surface area contributed by atoms with Gasteiger partial charge in [-0.2, -0.15) is 0 Å². The van der Waals surface area contributed by atoms with Gasteiger partial charge in [-0.25, -0.2) is 4.57 Å². The quantitative estimate of drug-likeness (QED) is 0.0166. The van der Waals surface area contributed by atoms with Crippen LogP contribution in [0.25, 0.3) is 0 Å². The lowest BCUT2D eigenvalue weighted by molar-refractivity contribution is -0.870. The Kier molecular flexibility index (Phi) is 36.0. The maximum absolute atomic E-state index is 12.7. The van der Waals surface area contributed by atoms with Gasteiger partial charge in [0.1, 0.15) is 19.8 Å². The van der Waals surface area contributed by atoms with Crippen molar-refractivity contribution >= 4 is 13.8 Å². The third kappa shape index (κ3) is 41.3. The van der Waals surface area contributed by atoms with E-state index in [1.807, 2.05) is 27.2 Å². The van der Waals surface area contributed by atoms with E-state index in [-0.39, 0.29) is 32.2 Å². The first-order valence-electron chi connectivity index (χ1n) is 21.4. The number of hydrogen-bond donors (Lipinski definition) is 1. The van der Waals surface area contributed by atoms with E-state index in [0.29, 0.717) is 11.0 Å². The fourth-order valence-corrected chi connectivity index (χ4v) is 6.32. The maximum Gasteiger partial charge on any atom is 0.472 e.